The number of imidazole rings is 1. The Morgan fingerprint density at radius 1 is 0.902 bits per heavy atom. The molecule has 0 fully saturated rings. The van der Waals surface area contributed by atoms with Crippen molar-refractivity contribution in [1.82, 2.24) is 24.3 Å². The van der Waals surface area contributed by atoms with E-state index < -0.39 is 16.4 Å². The van der Waals surface area contributed by atoms with Crippen molar-refractivity contribution in [1.29, 1.82) is 0 Å². The van der Waals surface area contributed by atoms with Gasteiger partial charge < -0.3 is 13.7 Å². The Hall–Kier alpha value is -2.93. The number of halogens is 1. The molecule has 0 aliphatic rings. The number of benzene rings is 1. The second kappa shape index (κ2) is 12.5. The van der Waals surface area contributed by atoms with Gasteiger partial charge in [0.15, 0.2) is 8.32 Å². The van der Waals surface area contributed by atoms with Crippen LogP contribution in [0.2, 0.25) is 43.8 Å². The summed E-state index contributed by atoms with van der Waals surface area (Å²) < 4.78 is 30.4. The molecule has 41 heavy (non-hydrogen) atoms. The van der Waals surface area contributed by atoms with E-state index in [0.29, 0.717) is 19.9 Å². The normalized spacial score (nSPS) is 12.7. The van der Waals surface area contributed by atoms with E-state index in [4.69, 9.17) is 19.2 Å². The molecule has 0 N–H and O–H groups in total. The zero-order chi connectivity index (χ0) is 29.8. The molecule has 4 aromatic rings. The van der Waals surface area contributed by atoms with Crippen molar-refractivity contribution in [2.75, 3.05) is 13.2 Å². The second-order valence-corrected chi connectivity index (χ2v) is 23.7. The molecule has 0 saturated heterocycles. The van der Waals surface area contributed by atoms with Gasteiger partial charge in [-0.3, -0.25) is 9.67 Å². The summed E-state index contributed by atoms with van der Waals surface area (Å²) in [4.78, 5) is 9.03. The Labute approximate surface area is 245 Å². The molecule has 0 bridgehead atoms. The minimum atomic E-state index is -1.95. The lowest BCUT2D eigenvalue weighted by Crippen LogP contribution is -2.41. The third kappa shape index (κ3) is 7.88. The first kappa shape index (κ1) is 31.0. The largest absolute Gasteiger partial charge is 0.415 e. The van der Waals surface area contributed by atoms with Gasteiger partial charge in [0.05, 0.1) is 25.2 Å². The van der Waals surface area contributed by atoms with Crippen LogP contribution in [0, 0.1) is 5.82 Å². The molecule has 0 amide bonds. The topological polar surface area (TPSA) is 67.0 Å². The van der Waals surface area contributed by atoms with Gasteiger partial charge in [-0.2, -0.15) is 5.10 Å². The number of ether oxygens (including phenoxy) is 1. The lowest BCUT2D eigenvalue weighted by Gasteiger charge is -2.36. The fraction of sp³-hybridized carbons (Fsp3) is 0.452. The highest BCUT2D eigenvalue weighted by atomic mass is 28.4. The van der Waals surface area contributed by atoms with Crippen LogP contribution in [0.25, 0.3) is 33.8 Å². The lowest BCUT2D eigenvalue weighted by atomic mass is 9.98. The van der Waals surface area contributed by atoms with Gasteiger partial charge in [-0.15, -0.1) is 0 Å². The minimum absolute atomic E-state index is 0.107. The molecule has 1 aromatic carbocycles. The molecular weight excluding hydrogens is 550 g/mol. The fourth-order valence-corrected chi connectivity index (χ4v) is 5.98. The first-order chi connectivity index (χ1) is 19.2. The van der Waals surface area contributed by atoms with Crippen LogP contribution in [0.5, 0.6) is 0 Å². The SMILES string of the molecule is CC(C)(C)[Si](C)(C)OCCn1nc(-c2ccc(F)cc2)c(-c2ccncc2)c1-c1cn(COCC[Si](C)(C)C)cn1. The van der Waals surface area contributed by atoms with Gasteiger partial charge in [-0.05, 0) is 66.1 Å². The van der Waals surface area contributed by atoms with Gasteiger partial charge in [0.1, 0.15) is 23.9 Å². The Morgan fingerprint density at radius 3 is 2.22 bits per heavy atom. The molecule has 0 aliphatic carbocycles. The predicted octanol–water partition coefficient (Wildman–Crippen LogP) is 7.95. The monoisotopic (exact) mass is 593 g/mol. The van der Waals surface area contributed by atoms with Crippen molar-refractivity contribution in [2.24, 2.45) is 0 Å². The average Bonchev–Trinajstić information content (AvgIpc) is 3.51. The number of nitrogens with zero attached hydrogens (tertiary/aromatic N) is 5. The van der Waals surface area contributed by atoms with Crippen LogP contribution in [-0.4, -0.2) is 53.9 Å². The van der Waals surface area contributed by atoms with Crippen LogP contribution in [0.1, 0.15) is 20.8 Å². The number of hydrogen-bond donors (Lipinski definition) is 0. The van der Waals surface area contributed by atoms with Crippen molar-refractivity contribution in [3.63, 3.8) is 0 Å². The summed E-state index contributed by atoms with van der Waals surface area (Å²) >= 11 is 0. The summed E-state index contributed by atoms with van der Waals surface area (Å²) in [5, 5.41) is 5.20. The van der Waals surface area contributed by atoms with Gasteiger partial charge in [0.25, 0.3) is 0 Å². The molecule has 0 spiro atoms. The van der Waals surface area contributed by atoms with Crippen LogP contribution < -0.4 is 0 Å². The molecule has 3 aromatic heterocycles. The molecule has 0 unspecified atom stereocenters. The first-order valence-electron chi connectivity index (χ1n) is 14.3. The van der Waals surface area contributed by atoms with Gasteiger partial charge in [-0.25, -0.2) is 9.37 Å². The molecule has 0 atom stereocenters. The molecule has 0 aliphatic heterocycles. The van der Waals surface area contributed by atoms with E-state index in [2.05, 4.69) is 58.5 Å². The summed E-state index contributed by atoms with van der Waals surface area (Å²) in [7, 11) is -3.11. The van der Waals surface area contributed by atoms with Crippen molar-refractivity contribution in [2.45, 2.75) is 77.9 Å². The molecule has 7 nitrogen and oxygen atoms in total. The van der Waals surface area contributed by atoms with Crippen LogP contribution in [0.4, 0.5) is 4.39 Å². The van der Waals surface area contributed by atoms with Crippen molar-refractivity contribution < 1.29 is 13.6 Å². The van der Waals surface area contributed by atoms with Crippen LogP contribution in [-0.2, 0) is 22.4 Å². The summed E-state index contributed by atoms with van der Waals surface area (Å²) in [5.74, 6) is -0.283. The predicted molar refractivity (Wildman–Crippen MR) is 169 cm³/mol. The van der Waals surface area contributed by atoms with E-state index in [-0.39, 0.29) is 10.9 Å². The van der Waals surface area contributed by atoms with Crippen LogP contribution >= 0.6 is 0 Å². The Morgan fingerprint density at radius 2 is 1.59 bits per heavy atom. The third-order valence-electron chi connectivity index (χ3n) is 7.72. The third-order valence-corrected chi connectivity index (χ3v) is 14.0. The van der Waals surface area contributed by atoms with E-state index in [1.807, 2.05) is 27.6 Å². The summed E-state index contributed by atoms with van der Waals surface area (Å²) in [6, 6.07) is 11.5. The highest BCUT2D eigenvalue weighted by Gasteiger charge is 2.37. The van der Waals surface area contributed by atoms with E-state index in [1.165, 1.54) is 12.1 Å². The van der Waals surface area contributed by atoms with Gasteiger partial charge >= 0.3 is 0 Å². The lowest BCUT2D eigenvalue weighted by molar-refractivity contribution is 0.0871. The number of aromatic nitrogens is 5. The molecule has 220 valence electrons. The quantitative estimate of drug-likeness (QED) is 0.123. The van der Waals surface area contributed by atoms with Crippen LogP contribution in [0.3, 0.4) is 0 Å². The van der Waals surface area contributed by atoms with Crippen molar-refractivity contribution in [3.8, 4) is 33.8 Å². The highest BCUT2D eigenvalue weighted by Crippen LogP contribution is 2.40. The number of pyridine rings is 1. The standard InChI is InChI=1S/C31H44FN5O2Si2/c1-31(2,3)41(7,8)39-18-17-37-30(27-21-36(22-34-27)23-38-19-20-40(4,5)6)28(24-13-15-33-16-14-24)29(35-37)25-9-11-26(32)12-10-25/h9-16,21-22H,17-20,23H2,1-8H3. The summed E-state index contributed by atoms with van der Waals surface area (Å²) in [6.45, 7) is 20.5. The molecule has 0 radical (unpaired) electrons. The smallest absolute Gasteiger partial charge is 0.192 e. The first-order valence-corrected chi connectivity index (χ1v) is 20.9. The Balaban J connectivity index is 1.75. The Bertz CT molecular complexity index is 1420. The second-order valence-electron chi connectivity index (χ2n) is 13.3. The molecule has 10 heteroatoms. The molecule has 4 rings (SSSR count). The van der Waals surface area contributed by atoms with Gasteiger partial charge in [0, 0.05) is 44.4 Å². The van der Waals surface area contributed by atoms with E-state index in [9.17, 15) is 4.39 Å². The van der Waals surface area contributed by atoms with Crippen molar-refractivity contribution >= 4 is 16.4 Å². The Kier molecular flexibility index (Phi) is 9.47. The fourth-order valence-electron chi connectivity index (χ4n) is 4.19. The van der Waals surface area contributed by atoms with E-state index in [1.54, 1.807) is 30.9 Å². The van der Waals surface area contributed by atoms with Crippen molar-refractivity contribution in [3.05, 3.63) is 67.1 Å². The maximum Gasteiger partial charge on any atom is 0.192 e. The number of hydrogen-bond acceptors (Lipinski definition) is 5. The summed E-state index contributed by atoms with van der Waals surface area (Å²) in [5.41, 5.74) is 5.16. The zero-order valence-corrected chi connectivity index (χ0v) is 27.7. The zero-order valence-electron chi connectivity index (χ0n) is 25.7. The average molecular weight is 594 g/mol. The molecule has 0 saturated carbocycles. The van der Waals surface area contributed by atoms with E-state index in [0.717, 1.165) is 46.4 Å². The molecule has 3 heterocycles. The van der Waals surface area contributed by atoms with Gasteiger partial charge in [-0.1, -0.05) is 40.4 Å². The minimum Gasteiger partial charge on any atom is -0.415 e. The van der Waals surface area contributed by atoms with Crippen LogP contribution in [0.15, 0.2) is 61.3 Å². The van der Waals surface area contributed by atoms with Gasteiger partial charge in [0.2, 0.25) is 0 Å². The maximum absolute atomic E-state index is 13.9. The molecular formula is C31H44FN5O2Si2. The highest BCUT2D eigenvalue weighted by molar-refractivity contribution is 6.76. The summed E-state index contributed by atoms with van der Waals surface area (Å²) in [6.07, 6.45) is 7.37. The van der Waals surface area contributed by atoms with E-state index >= 15 is 0 Å². The maximum atomic E-state index is 13.9. The number of rotatable bonds is 12.